The van der Waals surface area contributed by atoms with Gasteiger partial charge in [-0.1, -0.05) is 6.92 Å². The molecule has 1 saturated heterocycles. The van der Waals surface area contributed by atoms with E-state index in [0.717, 1.165) is 17.8 Å². The summed E-state index contributed by atoms with van der Waals surface area (Å²) in [5.74, 6) is 0.201. The minimum absolute atomic E-state index is 0.0324. The highest BCUT2D eigenvalue weighted by molar-refractivity contribution is 5.84. The van der Waals surface area contributed by atoms with Crippen LogP contribution in [-0.2, 0) is 29.4 Å². The number of nitrogens with one attached hydrogen (secondary N) is 1. The van der Waals surface area contributed by atoms with Crippen LogP contribution >= 0.6 is 0 Å². The third-order valence-electron chi connectivity index (χ3n) is 3.61. The fraction of sp³-hybridized carbons (Fsp3) is 0.692. The number of nitrogens with zero attached hydrogens (tertiary/aromatic N) is 2. The van der Waals surface area contributed by atoms with E-state index in [1.807, 2.05) is 20.2 Å². The molecule has 18 heavy (non-hydrogen) atoms. The van der Waals surface area contributed by atoms with Crippen molar-refractivity contribution in [2.24, 2.45) is 13.0 Å². The topological polar surface area (TPSA) is 56.1 Å². The van der Waals surface area contributed by atoms with E-state index in [-0.39, 0.29) is 17.7 Å². The first-order valence-corrected chi connectivity index (χ1v) is 6.45. The smallest absolute Gasteiger partial charge is 0.145 e. The first-order chi connectivity index (χ1) is 8.65. The van der Waals surface area contributed by atoms with Gasteiger partial charge in [-0.3, -0.25) is 9.48 Å². The summed E-state index contributed by atoms with van der Waals surface area (Å²) < 4.78 is 7.18. The van der Waals surface area contributed by atoms with Crippen molar-refractivity contribution in [3.05, 3.63) is 17.5 Å². The standard InChI is InChI=1S/C13H21N3O2/c1-4-9-5-10(16(3)15-9)6-13(17)11-7-18-8-12(11)14-2/h5,11-12,14H,4,6-8H2,1-3H3. The summed E-state index contributed by atoms with van der Waals surface area (Å²) in [5, 5.41) is 7.51. The largest absolute Gasteiger partial charge is 0.379 e. The molecule has 0 spiro atoms. The fourth-order valence-corrected chi connectivity index (χ4v) is 2.38. The monoisotopic (exact) mass is 251 g/mol. The Morgan fingerprint density at radius 2 is 2.39 bits per heavy atom. The van der Waals surface area contributed by atoms with Crippen LogP contribution in [0.3, 0.4) is 0 Å². The lowest BCUT2D eigenvalue weighted by Crippen LogP contribution is -2.37. The average molecular weight is 251 g/mol. The van der Waals surface area contributed by atoms with Crippen LogP contribution in [0, 0.1) is 5.92 Å². The highest BCUT2D eigenvalue weighted by Gasteiger charge is 2.32. The summed E-state index contributed by atoms with van der Waals surface area (Å²) in [6.45, 7) is 3.22. The predicted octanol–water partition coefficient (Wildman–Crippen LogP) is 0.328. The first kappa shape index (κ1) is 13.2. The Balaban J connectivity index is 2.04. The van der Waals surface area contributed by atoms with Gasteiger partial charge in [0.2, 0.25) is 0 Å². The number of carbonyl (C=O) groups is 1. The lowest BCUT2D eigenvalue weighted by molar-refractivity contribution is -0.122. The van der Waals surface area contributed by atoms with Gasteiger partial charge < -0.3 is 10.1 Å². The molecule has 2 heterocycles. The highest BCUT2D eigenvalue weighted by atomic mass is 16.5. The Morgan fingerprint density at radius 3 is 3.00 bits per heavy atom. The van der Waals surface area contributed by atoms with Crippen molar-refractivity contribution < 1.29 is 9.53 Å². The number of aromatic nitrogens is 2. The maximum Gasteiger partial charge on any atom is 0.145 e. The Bertz CT molecular complexity index is 428. The molecule has 1 aliphatic rings. The van der Waals surface area contributed by atoms with Crippen molar-refractivity contribution in [3.63, 3.8) is 0 Å². The Hall–Kier alpha value is -1.20. The van der Waals surface area contributed by atoms with Crippen molar-refractivity contribution in [1.29, 1.82) is 0 Å². The van der Waals surface area contributed by atoms with Gasteiger partial charge in [0, 0.05) is 25.2 Å². The molecule has 0 aliphatic carbocycles. The van der Waals surface area contributed by atoms with Gasteiger partial charge in [-0.25, -0.2) is 0 Å². The zero-order chi connectivity index (χ0) is 13.1. The summed E-state index contributed by atoms with van der Waals surface area (Å²) in [6, 6.07) is 2.17. The van der Waals surface area contributed by atoms with Crippen LogP contribution < -0.4 is 5.32 Å². The van der Waals surface area contributed by atoms with Gasteiger partial charge in [0.05, 0.1) is 24.8 Å². The second kappa shape index (κ2) is 5.63. The van der Waals surface area contributed by atoms with Gasteiger partial charge in [-0.15, -0.1) is 0 Å². The zero-order valence-electron chi connectivity index (χ0n) is 11.3. The maximum atomic E-state index is 12.3. The number of carbonyl (C=O) groups excluding carboxylic acids is 1. The molecule has 2 unspecified atom stereocenters. The van der Waals surface area contributed by atoms with Crippen LogP contribution in [0.1, 0.15) is 18.3 Å². The van der Waals surface area contributed by atoms with E-state index in [2.05, 4.69) is 17.3 Å². The summed E-state index contributed by atoms with van der Waals surface area (Å²) >= 11 is 0. The van der Waals surface area contributed by atoms with Crippen molar-refractivity contribution in [3.8, 4) is 0 Å². The van der Waals surface area contributed by atoms with E-state index in [1.54, 1.807) is 4.68 Å². The highest BCUT2D eigenvalue weighted by Crippen LogP contribution is 2.17. The number of hydrogen-bond acceptors (Lipinski definition) is 4. The van der Waals surface area contributed by atoms with Gasteiger partial charge in [0.15, 0.2) is 0 Å². The van der Waals surface area contributed by atoms with Crippen LogP contribution in [0.4, 0.5) is 0 Å². The number of hydrogen-bond donors (Lipinski definition) is 1. The molecule has 1 aliphatic heterocycles. The summed E-state index contributed by atoms with van der Waals surface area (Å²) in [6.07, 6.45) is 1.34. The predicted molar refractivity (Wildman–Crippen MR) is 68.5 cm³/mol. The zero-order valence-corrected chi connectivity index (χ0v) is 11.3. The van der Waals surface area contributed by atoms with Gasteiger partial charge in [0.1, 0.15) is 5.78 Å². The second-order valence-electron chi connectivity index (χ2n) is 4.79. The molecule has 100 valence electrons. The number of rotatable bonds is 5. The van der Waals surface area contributed by atoms with Crippen LogP contribution in [0.25, 0.3) is 0 Å². The molecular weight excluding hydrogens is 230 g/mol. The van der Waals surface area contributed by atoms with E-state index in [1.165, 1.54) is 0 Å². The van der Waals surface area contributed by atoms with Crippen molar-refractivity contribution in [2.45, 2.75) is 25.8 Å². The fourth-order valence-electron chi connectivity index (χ4n) is 2.38. The quantitative estimate of drug-likeness (QED) is 0.819. The molecule has 2 rings (SSSR count). The molecule has 0 aromatic carbocycles. The van der Waals surface area contributed by atoms with Crippen LogP contribution in [-0.4, -0.2) is 41.9 Å². The molecular formula is C13H21N3O2. The van der Waals surface area contributed by atoms with E-state index >= 15 is 0 Å². The van der Waals surface area contributed by atoms with Crippen molar-refractivity contribution in [1.82, 2.24) is 15.1 Å². The van der Waals surface area contributed by atoms with Crippen LogP contribution in [0.2, 0.25) is 0 Å². The van der Waals surface area contributed by atoms with Crippen LogP contribution in [0.5, 0.6) is 0 Å². The summed E-state index contributed by atoms with van der Waals surface area (Å²) in [7, 11) is 3.77. The molecule has 1 aromatic heterocycles. The number of ketones is 1. The molecule has 0 bridgehead atoms. The van der Waals surface area contributed by atoms with Gasteiger partial charge in [-0.05, 0) is 19.5 Å². The maximum absolute atomic E-state index is 12.3. The molecule has 5 heteroatoms. The lowest BCUT2D eigenvalue weighted by atomic mass is 9.95. The molecule has 1 aromatic rings. The number of aryl methyl sites for hydroxylation is 2. The Kier molecular flexibility index (Phi) is 4.14. The molecule has 5 nitrogen and oxygen atoms in total. The number of Topliss-reactive ketones (excluding diaryl/α,β-unsaturated/α-hetero) is 1. The average Bonchev–Trinajstić information content (AvgIpc) is 2.96. The summed E-state index contributed by atoms with van der Waals surface area (Å²) in [4.78, 5) is 12.3. The lowest BCUT2D eigenvalue weighted by Gasteiger charge is -2.15. The molecule has 1 N–H and O–H groups in total. The molecule has 2 atom stereocenters. The van der Waals surface area contributed by atoms with E-state index in [9.17, 15) is 4.79 Å². The Labute approximate surface area is 108 Å². The minimum atomic E-state index is -0.0324. The van der Waals surface area contributed by atoms with E-state index in [4.69, 9.17) is 4.74 Å². The second-order valence-corrected chi connectivity index (χ2v) is 4.79. The number of ether oxygens (including phenoxy) is 1. The van der Waals surface area contributed by atoms with Crippen LogP contribution in [0.15, 0.2) is 6.07 Å². The third kappa shape index (κ3) is 2.62. The number of likely N-dealkylation sites (N-methyl/N-ethyl adjacent to an activating group) is 1. The van der Waals surface area contributed by atoms with E-state index < -0.39 is 0 Å². The van der Waals surface area contributed by atoms with Gasteiger partial charge >= 0.3 is 0 Å². The van der Waals surface area contributed by atoms with Crippen molar-refractivity contribution >= 4 is 5.78 Å². The minimum Gasteiger partial charge on any atom is -0.379 e. The molecule has 0 saturated carbocycles. The van der Waals surface area contributed by atoms with Crippen molar-refractivity contribution in [2.75, 3.05) is 20.3 Å². The normalized spacial score (nSPS) is 23.5. The van der Waals surface area contributed by atoms with Gasteiger partial charge in [-0.2, -0.15) is 5.10 Å². The first-order valence-electron chi connectivity index (χ1n) is 6.45. The van der Waals surface area contributed by atoms with E-state index in [0.29, 0.717) is 19.6 Å². The Morgan fingerprint density at radius 1 is 1.61 bits per heavy atom. The molecule has 1 fully saturated rings. The summed E-state index contributed by atoms with van der Waals surface area (Å²) in [5.41, 5.74) is 2.02. The SMILES string of the molecule is CCc1cc(CC(=O)C2COCC2NC)n(C)n1. The van der Waals surface area contributed by atoms with Gasteiger partial charge in [0.25, 0.3) is 0 Å². The third-order valence-corrected chi connectivity index (χ3v) is 3.61. The molecule has 0 radical (unpaired) electrons. The molecule has 0 amide bonds.